The van der Waals surface area contributed by atoms with Crippen LogP contribution < -0.4 is 10.2 Å². The summed E-state index contributed by atoms with van der Waals surface area (Å²) in [6.45, 7) is 8.88. The maximum atomic E-state index is 12.7. The number of carbonyl (C=O) groups excluding carboxylic acids is 1. The molecule has 1 N–H and O–H groups in total. The van der Waals surface area contributed by atoms with Gasteiger partial charge in [-0.15, -0.1) is 0 Å². The number of anilines is 1. The maximum Gasteiger partial charge on any atom is 0.230 e. The van der Waals surface area contributed by atoms with Gasteiger partial charge in [0.25, 0.3) is 0 Å². The summed E-state index contributed by atoms with van der Waals surface area (Å²) in [5.41, 5.74) is 3.47. The van der Waals surface area contributed by atoms with E-state index >= 15 is 0 Å². The van der Waals surface area contributed by atoms with Gasteiger partial charge in [-0.3, -0.25) is 4.79 Å². The zero-order chi connectivity index (χ0) is 13.8. The van der Waals surface area contributed by atoms with Crippen LogP contribution in [0, 0.1) is 19.8 Å². The topological polar surface area (TPSA) is 32.3 Å². The monoisotopic (exact) mass is 260 g/mol. The SMILES string of the molecule is CCN(C(=O)C1CCNCC1)c1cc(C)cc(C)c1. The molecule has 1 aromatic rings. The Morgan fingerprint density at radius 1 is 1.21 bits per heavy atom. The number of nitrogens with one attached hydrogen (secondary N) is 1. The second-order valence-corrected chi connectivity index (χ2v) is 5.45. The molecule has 19 heavy (non-hydrogen) atoms. The summed E-state index contributed by atoms with van der Waals surface area (Å²) in [4.78, 5) is 14.6. The molecule has 0 atom stereocenters. The lowest BCUT2D eigenvalue weighted by Gasteiger charge is -2.29. The van der Waals surface area contributed by atoms with Crippen molar-refractivity contribution in [2.75, 3.05) is 24.5 Å². The highest BCUT2D eigenvalue weighted by molar-refractivity contribution is 5.95. The van der Waals surface area contributed by atoms with Gasteiger partial charge >= 0.3 is 0 Å². The molecule has 104 valence electrons. The number of piperidine rings is 1. The van der Waals surface area contributed by atoms with E-state index in [0.29, 0.717) is 0 Å². The van der Waals surface area contributed by atoms with Crippen molar-refractivity contribution >= 4 is 11.6 Å². The van der Waals surface area contributed by atoms with Gasteiger partial charge in [0.05, 0.1) is 0 Å². The number of hydrogen-bond donors (Lipinski definition) is 1. The molecule has 1 heterocycles. The minimum absolute atomic E-state index is 0.182. The first-order chi connectivity index (χ1) is 9.11. The number of carbonyl (C=O) groups is 1. The Morgan fingerprint density at radius 3 is 2.32 bits per heavy atom. The molecule has 1 aliphatic heterocycles. The van der Waals surface area contributed by atoms with Gasteiger partial charge in [0.15, 0.2) is 0 Å². The van der Waals surface area contributed by atoms with Crippen LogP contribution in [0.3, 0.4) is 0 Å². The summed E-state index contributed by atoms with van der Waals surface area (Å²) in [7, 11) is 0. The first-order valence-corrected chi connectivity index (χ1v) is 7.22. The smallest absolute Gasteiger partial charge is 0.230 e. The third kappa shape index (κ3) is 3.35. The molecule has 0 aliphatic carbocycles. The largest absolute Gasteiger partial charge is 0.317 e. The Hall–Kier alpha value is -1.35. The van der Waals surface area contributed by atoms with E-state index in [1.165, 1.54) is 11.1 Å². The molecule has 0 aromatic heterocycles. The first-order valence-electron chi connectivity index (χ1n) is 7.22. The molecule has 1 fully saturated rings. The van der Waals surface area contributed by atoms with Crippen LogP contribution in [0.1, 0.15) is 30.9 Å². The zero-order valence-electron chi connectivity index (χ0n) is 12.2. The number of amides is 1. The zero-order valence-corrected chi connectivity index (χ0v) is 12.2. The van der Waals surface area contributed by atoms with Crippen LogP contribution in [0.4, 0.5) is 5.69 Å². The summed E-state index contributed by atoms with van der Waals surface area (Å²) >= 11 is 0. The highest BCUT2D eigenvalue weighted by Gasteiger charge is 2.26. The number of hydrogen-bond acceptors (Lipinski definition) is 2. The maximum absolute atomic E-state index is 12.7. The normalized spacial score (nSPS) is 16.4. The molecule has 0 saturated carbocycles. The second kappa shape index (κ2) is 6.20. The van der Waals surface area contributed by atoms with E-state index in [0.717, 1.165) is 38.2 Å². The fourth-order valence-corrected chi connectivity index (χ4v) is 2.86. The van der Waals surface area contributed by atoms with Crippen molar-refractivity contribution < 1.29 is 4.79 Å². The Kier molecular flexibility index (Phi) is 4.59. The molecule has 0 radical (unpaired) electrons. The van der Waals surface area contributed by atoms with Crippen LogP contribution >= 0.6 is 0 Å². The van der Waals surface area contributed by atoms with Gasteiger partial charge in [-0.2, -0.15) is 0 Å². The number of benzene rings is 1. The molecule has 1 aliphatic rings. The van der Waals surface area contributed by atoms with Gasteiger partial charge in [-0.05, 0) is 70.0 Å². The average Bonchev–Trinajstić information content (AvgIpc) is 2.39. The molecule has 0 bridgehead atoms. The van der Waals surface area contributed by atoms with Crippen molar-refractivity contribution in [2.45, 2.75) is 33.6 Å². The lowest BCUT2D eigenvalue weighted by Crippen LogP contribution is -2.41. The van der Waals surface area contributed by atoms with Gasteiger partial charge < -0.3 is 10.2 Å². The van der Waals surface area contributed by atoms with Gasteiger partial charge in [0.1, 0.15) is 0 Å². The average molecular weight is 260 g/mol. The van der Waals surface area contributed by atoms with Gasteiger partial charge in [-0.1, -0.05) is 6.07 Å². The number of rotatable bonds is 3. The van der Waals surface area contributed by atoms with Crippen LogP contribution in [0.2, 0.25) is 0 Å². The molecule has 1 saturated heterocycles. The summed E-state index contributed by atoms with van der Waals surface area (Å²) in [5.74, 6) is 0.469. The molecular weight excluding hydrogens is 236 g/mol. The predicted molar refractivity (Wildman–Crippen MR) is 79.5 cm³/mol. The van der Waals surface area contributed by atoms with Crippen molar-refractivity contribution in [3.05, 3.63) is 29.3 Å². The van der Waals surface area contributed by atoms with Crippen LogP contribution in [0.15, 0.2) is 18.2 Å². The van der Waals surface area contributed by atoms with E-state index < -0.39 is 0 Å². The highest BCUT2D eigenvalue weighted by atomic mass is 16.2. The quantitative estimate of drug-likeness (QED) is 0.906. The van der Waals surface area contributed by atoms with Crippen LogP contribution in [-0.4, -0.2) is 25.5 Å². The van der Waals surface area contributed by atoms with Crippen molar-refractivity contribution in [1.29, 1.82) is 0 Å². The third-order valence-electron chi connectivity index (χ3n) is 3.79. The predicted octanol–water partition coefficient (Wildman–Crippen LogP) is 2.66. The second-order valence-electron chi connectivity index (χ2n) is 5.45. The standard InChI is InChI=1S/C16H24N2O/c1-4-18(15-10-12(2)9-13(3)11-15)16(19)14-5-7-17-8-6-14/h9-11,14,17H,4-8H2,1-3H3. The van der Waals surface area contributed by atoms with Crippen LogP contribution in [0.25, 0.3) is 0 Å². The Labute approximate surface area is 116 Å². The summed E-state index contributed by atoms with van der Waals surface area (Å²) < 4.78 is 0. The molecule has 3 nitrogen and oxygen atoms in total. The summed E-state index contributed by atoms with van der Waals surface area (Å²) in [5, 5.41) is 3.31. The van der Waals surface area contributed by atoms with E-state index in [9.17, 15) is 4.79 Å². The van der Waals surface area contributed by atoms with Gasteiger partial charge in [0.2, 0.25) is 5.91 Å². The Morgan fingerprint density at radius 2 is 1.79 bits per heavy atom. The molecule has 1 aromatic carbocycles. The van der Waals surface area contributed by atoms with Crippen molar-refractivity contribution in [2.24, 2.45) is 5.92 Å². The van der Waals surface area contributed by atoms with Crippen molar-refractivity contribution in [1.82, 2.24) is 5.32 Å². The van der Waals surface area contributed by atoms with Gasteiger partial charge in [0, 0.05) is 18.2 Å². The molecule has 3 heteroatoms. The summed E-state index contributed by atoms with van der Waals surface area (Å²) in [6.07, 6.45) is 1.92. The molecule has 0 spiro atoms. The fraction of sp³-hybridized carbons (Fsp3) is 0.562. The molecule has 0 unspecified atom stereocenters. The van der Waals surface area contributed by atoms with E-state index in [-0.39, 0.29) is 11.8 Å². The highest BCUT2D eigenvalue weighted by Crippen LogP contribution is 2.23. The lowest BCUT2D eigenvalue weighted by molar-refractivity contribution is -0.123. The molecule has 1 amide bonds. The van der Waals surface area contributed by atoms with Crippen LogP contribution in [0.5, 0.6) is 0 Å². The molecular formula is C16H24N2O. The van der Waals surface area contributed by atoms with E-state index in [2.05, 4.69) is 44.3 Å². The van der Waals surface area contributed by atoms with Crippen LogP contribution in [-0.2, 0) is 4.79 Å². The van der Waals surface area contributed by atoms with E-state index in [1.54, 1.807) is 0 Å². The minimum Gasteiger partial charge on any atom is -0.317 e. The number of aryl methyl sites for hydroxylation is 2. The summed E-state index contributed by atoms with van der Waals surface area (Å²) in [6, 6.07) is 6.36. The van der Waals surface area contributed by atoms with Gasteiger partial charge in [-0.25, -0.2) is 0 Å². The Bertz CT molecular complexity index is 430. The fourth-order valence-electron chi connectivity index (χ4n) is 2.86. The van der Waals surface area contributed by atoms with E-state index in [4.69, 9.17) is 0 Å². The minimum atomic E-state index is 0.182. The Balaban J connectivity index is 2.20. The third-order valence-corrected chi connectivity index (χ3v) is 3.79. The molecule has 2 rings (SSSR count). The van der Waals surface area contributed by atoms with Crippen molar-refractivity contribution in [3.63, 3.8) is 0 Å². The first kappa shape index (κ1) is 14.1. The van der Waals surface area contributed by atoms with Crippen molar-refractivity contribution in [3.8, 4) is 0 Å². The lowest BCUT2D eigenvalue weighted by atomic mass is 9.96. The number of nitrogens with zero attached hydrogens (tertiary/aromatic N) is 1. The van der Waals surface area contributed by atoms with E-state index in [1.807, 2.05) is 4.90 Å².